The van der Waals surface area contributed by atoms with Gasteiger partial charge in [0, 0.05) is 11.6 Å². The maximum Gasteiger partial charge on any atom is 0.349 e. The van der Waals surface area contributed by atoms with Crippen LogP contribution < -0.4 is 29.4 Å². The highest BCUT2D eigenvalue weighted by molar-refractivity contribution is 5.74. The van der Waals surface area contributed by atoms with Crippen LogP contribution in [0.5, 0.6) is 28.7 Å². The van der Waals surface area contributed by atoms with Crippen LogP contribution in [0.2, 0.25) is 0 Å². The number of allylic oxidation sites excluding steroid dienone is 1. The summed E-state index contributed by atoms with van der Waals surface area (Å²) in [6.45, 7) is 2.52. The van der Waals surface area contributed by atoms with E-state index in [2.05, 4.69) is 13.0 Å². The Hall–Kier alpha value is -4.64. The average Bonchev–Trinajstić information content (AvgIpc) is 2.96. The standard InChI is InChI=1S/C31H32N2O6/c1-3-4-5-9-16-36-26-15-12-21(17-28(26)35-2)30-24-14-13-23(18-27(24)39-31(33)25(30)19-32)38-29(34)20-37-22-10-7-6-8-11-22/h6-8,10-15,17-18,30H,3-5,9,16,20,33H2,1-2H3. The molecule has 8 nitrogen and oxygen atoms in total. The number of hydrogen-bond donors (Lipinski definition) is 1. The van der Waals surface area contributed by atoms with Gasteiger partial charge in [-0.1, -0.05) is 56.5 Å². The Bertz CT molecular complexity index is 1360. The summed E-state index contributed by atoms with van der Waals surface area (Å²) in [7, 11) is 1.58. The first-order valence-corrected chi connectivity index (χ1v) is 12.9. The highest BCUT2D eigenvalue weighted by Gasteiger charge is 2.31. The molecule has 0 bridgehead atoms. The monoisotopic (exact) mass is 528 g/mol. The molecule has 1 unspecified atom stereocenters. The van der Waals surface area contributed by atoms with Gasteiger partial charge in [-0.25, -0.2) is 4.79 Å². The normalized spacial score (nSPS) is 14.0. The van der Waals surface area contributed by atoms with Gasteiger partial charge in [-0.15, -0.1) is 0 Å². The molecule has 1 atom stereocenters. The molecule has 1 aliphatic heterocycles. The molecular formula is C31H32N2O6. The Balaban J connectivity index is 1.53. The lowest BCUT2D eigenvalue weighted by atomic mass is 9.83. The number of nitriles is 1. The van der Waals surface area contributed by atoms with E-state index in [0.29, 0.717) is 35.2 Å². The summed E-state index contributed by atoms with van der Waals surface area (Å²) < 4.78 is 28.2. The first-order valence-electron chi connectivity index (χ1n) is 12.9. The molecule has 0 spiro atoms. The van der Waals surface area contributed by atoms with E-state index in [1.165, 1.54) is 6.42 Å². The van der Waals surface area contributed by atoms with Crippen molar-refractivity contribution >= 4 is 5.97 Å². The predicted molar refractivity (Wildman–Crippen MR) is 146 cm³/mol. The predicted octanol–water partition coefficient (Wildman–Crippen LogP) is 5.86. The second-order valence-electron chi connectivity index (χ2n) is 9.02. The molecule has 4 rings (SSSR count). The lowest BCUT2D eigenvalue weighted by molar-refractivity contribution is -0.136. The van der Waals surface area contributed by atoms with Crippen LogP contribution in [0.1, 0.15) is 49.7 Å². The number of ether oxygens (including phenoxy) is 5. The summed E-state index contributed by atoms with van der Waals surface area (Å²) in [5, 5.41) is 9.91. The van der Waals surface area contributed by atoms with Crippen molar-refractivity contribution in [3.63, 3.8) is 0 Å². The molecule has 0 amide bonds. The van der Waals surface area contributed by atoms with Crippen molar-refractivity contribution in [3.05, 3.63) is 89.3 Å². The van der Waals surface area contributed by atoms with Crippen molar-refractivity contribution < 1.29 is 28.5 Å². The van der Waals surface area contributed by atoms with E-state index >= 15 is 0 Å². The fraction of sp³-hybridized carbons (Fsp3) is 0.290. The van der Waals surface area contributed by atoms with Crippen molar-refractivity contribution in [3.8, 4) is 34.8 Å². The minimum absolute atomic E-state index is 0.0129. The summed E-state index contributed by atoms with van der Waals surface area (Å²) in [5.74, 6) is 1.35. The molecule has 0 aromatic heterocycles. The zero-order valence-electron chi connectivity index (χ0n) is 22.1. The molecule has 1 heterocycles. The van der Waals surface area contributed by atoms with Gasteiger partial charge in [-0.2, -0.15) is 5.26 Å². The number of rotatable bonds is 12. The summed E-state index contributed by atoms with van der Waals surface area (Å²) in [6, 6.07) is 21.8. The molecule has 8 heteroatoms. The SMILES string of the molecule is CCCCCCOc1ccc(C2C(C#N)=C(N)Oc3cc(OC(=O)COc4ccccc4)ccc32)cc1OC. The molecular weight excluding hydrogens is 496 g/mol. The number of carbonyl (C=O) groups is 1. The van der Waals surface area contributed by atoms with Crippen molar-refractivity contribution in [2.75, 3.05) is 20.3 Å². The van der Waals surface area contributed by atoms with Crippen molar-refractivity contribution in [2.45, 2.75) is 38.5 Å². The number of para-hydroxylation sites is 1. The summed E-state index contributed by atoms with van der Waals surface area (Å²) >= 11 is 0. The topological polar surface area (TPSA) is 113 Å². The summed E-state index contributed by atoms with van der Waals surface area (Å²) in [4.78, 5) is 12.3. The number of fused-ring (bicyclic) bond motifs is 1. The fourth-order valence-corrected chi connectivity index (χ4v) is 4.36. The summed E-state index contributed by atoms with van der Waals surface area (Å²) in [5.41, 5.74) is 7.92. The van der Waals surface area contributed by atoms with Crippen LogP contribution >= 0.6 is 0 Å². The molecule has 1 aliphatic rings. The van der Waals surface area contributed by atoms with Crippen LogP contribution in [0.4, 0.5) is 0 Å². The highest BCUT2D eigenvalue weighted by Crippen LogP contribution is 2.45. The number of nitrogens with zero attached hydrogens (tertiary/aromatic N) is 1. The van der Waals surface area contributed by atoms with Gasteiger partial charge in [0.15, 0.2) is 18.1 Å². The van der Waals surface area contributed by atoms with Gasteiger partial charge >= 0.3 is 5.97 Å². The molecule has 2 N–H and O–H groups in total. The van der Waals surface area contributed by atoms with E-state index in [9.17, 15) is 10.1 Å². The van der Waals surface area contributed by atoms with Crippen LogP contribution in [-0.4, -0.2) is 26.3 Å². The van der Waals surface area contributed by atoms with Crippen LogP contribution in [-0.2, 0) is 4.79 Å². The molecule has 0 fully saturated rings. The van der Waals surface area contributed by atoms with Crippen LogP contribution in [0.25, 0.3) is 0 Å². The molecule has 202 valence electrons. The fourth-order valence-electron chi connectivity index (χ4n) is 4.36. The molecule has 0 saturated carbocycles. The van der Waals surface area contributed by atoms with Crippen molar-refractivity contribution in [1.82, 2.24) is 0 Å². The van der Waals surface area contributed by atoms with Crippen LogP contribution in [0.3, 0.4) is 0 Å². The largest absolute Gasteiger partial charge is 0.493 e. The summed E-state index contributed by atoms with van der Waals surface area (Å²) in [6.07, 6.45) is 4.42. The number of unbranched alkanes of at least 4 members (excludes halogenated alkanes) is 3. The van der Waals surface area contributed by atoms with Gasteiger partial charge in [0.05, 0.1) is 19.6 Å². The Kier molecular flexibility index (Phi) is 9.30. The molecule has 3 aromatic rings. The molecule has 0 radical (unpaired) electrons. The second-order valence-corrected chi connectivity index (χ2v) is 9.02. The third-order valence-corrected chi connectivity index (χ3v) is 6.30. The molecule has 39 heavy (non-hydrogen) atoms. The third-order valence-electron chi connectivity index (χ3n) is 6.30. The Morgan fingerprint density at radius 2 is 1.79 bits per heavy atom. The van der Waals surface area contributed by atoms with Gasteiger partial charge < -0.3 is 29.4 Å². The molecule has 3 aromatic carbocycles. The smallest absolute Gasteiger partial charge is 0.349 e. The van der Waals surface area contributed by atoms with Gasteiger partial charge in [0.2, 0.25) is 5.88 Å². The Morgan fingerprint density at radius 1 is 0.974 bits per heavy atom. The van der Waals surface area contributed by atoms with E-state index in [1.54, 1.807) is 37.4 Å². The van der Waals surface area contributed by atoms with E-state index in [-0.39, 0.29) is 23.8 Å². The maximum atomic E-state index is 12.3. The van der Waals surface area contributed by atoms with Crippen LogP contribution in [0.15, 0.2) is 78.2 Å². The highest BCUT2D eigenvalue weighted by atomic mass is 16.6. The van der Waals surface area contributed by atoms with Gasteiger partial charge in [-0.05, 0) is 42.3 Å². The lowest BCUT2D eigenvalue weighted by Crippen LogP contribution is -2.22. The zero-order chi connectivity index (χ0) is 27.6. The molecule has 0 aliphatic carbocycles. The Morgan fingerprint density at radius 3 is 2.54 bits per heavy atom. The minimum Gasteiger partial charge on any atom is -0.493 e. The Labute approximate surface area is 228 Å². The average molecular weight is 529 g/mol. The first-order chi connectivity index (χ1) is 19.0. The number of nitrogens with two attached hydrogens (primary N) is 1. The number of methoxy groups -OCH3 is 1. The van der Waals surface area contributed by atoms with E-state index in [1.807, 2.05) is 36.4 Å². The van der Waals surface area contributed by atoms with E-state index in [4.69, 9.17) is 29.4 Å². The van der Waals surface area contributed by atoms with Gasteiger partial charge in [0.25, 0.3) is 0 Å². The zero-order valence-corrected chi connectivity index (χ0v) is 22.1. The van der Waals surface area contributed by atoms with Crippen LogP contribution in [0, 0.1) is 11.3 Å². The molecule has 0 saturated heterocycles. The van der Waals surface area contributed by atoms with E-state index in [0.717, 1.165) is 24.8 Å². The van der Waals surface area contributed by atoms with Gasteiger partial charge in [0.1, 0.15) is 28.9 Å². The maximum absolute atomic E-state index is 12.3. The minimum atomic E-state index is -0.567. The number of esters is 1. The lowest BCUT2D eigenvalue weighted by Gasteiger charge is -2.27. The first kappa shape index (κ1) is 27.4. The quantitative estimate of drug-likeness (QED) is 0.177. The number of carbonyl (C=O) groups excluding carboxylic acids is 1. The second kappa shape index (κ2) is 13.2. The van der Waals surface area contributed by atoms with Crippen molar-refractivity contribution in [1.29, 1.82) is 5.26 Å². The van der Waals surface area contributed by atoms with E-state index < -0.39 is 11.9 Å². The van der Waals surface area contributed by atoms with Crippen molar-refractivity contribution in [2.24, 2.45) is 5.73 Å². The van der Waals surface area contributed by atoms with Gasteiger partial charge in [-0.3, -0.25) is 0 Å². The third kappa shape index (κ3) is 6.82. The number of benzene rings is 3. The number of hydrogen-bond acceptors (Lipinski definition) is 8.